The van der Waals surface area contributed by atoms with Crippen molar-refractivity contribution in [1.29, 1.82) is 0 Å². The Kier molecular flexibility index (Phi) is 4.92. The van der Waals surface area contributed by atoms with Crippen LogP contribution < -0.4 is 5.32 Å². The van der Waals surface area contributed by atoms with Crippen molar-refractivity contribution < 1.29 is 4.79 Å². The molecule has 0 radical (unpaired) electrons. The fourth-order valence-electron chi connectivity index (χ4n) is 2.12. The monoisotopic (exact) mass is 405 g/mol. The van der Waals surface area contributed by atoms with Crippen molar-refractivity contribution in [1.82, 2.24) is 20.2 Å². The zero-order valence-electron chi connectivity index (χ0n) is 12.7. The second kappa shape index (κ2) is 7.11. The van der Waals surface area contributed by atoms with Crippen LogP contribution in [0.2, 0.25) is 5.02 Å². The first-order chi connectivity index (χ1) is 11.5. The average Bonchev–Trinajstić information content (AvgIpc) is 2.99. The van der Waals surface area contributed by atoms with Gasteiger partial charge in [-0.05, 0) is 47.2 Å². The number of nitrogens with one attached hydrogen (secondary N) is 1. The Morgan fingerprint density at radius 2 is 2.00 bits per heavy atom. The number of rotatable bonds is 4. The molecule has 2 aromatic carbocycles. The van der Waals surface area contributed by atoms with Gasteiger partial charge in [0.05, 0.1) is 0 Å². The summed E-state index contributed by atoms with van der Waals surface area (Å²) < 4.78 is 2.41. The van der Waals surface area contributed by atoms with Crippen LogP contribution >= 0.6 is 27.5 Å². The molecule has 0 saturated carbocycles. The van der Waals surface area contributed by atoms with E-state index in [0.29, 0.717) is 16.5 Å². The van der Waals surface area contributed by atoms with Gasteiger partial charge in [-0.3, -0.25) is 4.79 Å². The van der Waals surface area contributed by atoms with E-state index < -0.39 is 0 Å². The van der Waals surface area contributed by atoms with Crippen molar-refractivity contribution in [2.24, 2.45) is 0 Å². The molecule has 0 aliphatic heterocycles. The number of tetrazole rings is 1. The molecule has 0 fully saturated rings. The molecule has 1 N–H and O–H groups in total. The van der Waals surface area contributed by atoms with Gasteiger partial charge < -0.3 is 5.32 Å². The average molecular weight is 407 g/mol. The predicted octanol–water partition coefficient (Wildman–Crippen LogP) is 3.70. The lowest BCUT2D eigenvalue weighted by molar-refractivity contribution is -0.116. The number of aromatic nitrogens is 4. The van der Waals surface area contributed by atoms with Crippen LogP contribution in [-0.4, -0.2) is 26.1 Å². The number of nitrogens with zero attached hydrogens (tertiary/aromatic N) is 4. The van der Waals surface area contributed by atoms with E-state index in [4.69, 9.17) is 11.6 Å². The third-order valence-electron chi connectivity index (χ3n) is 3.38. The number of hydrogen-bond donors (Lipinski definition) is 1. The van der Waals surface area contributed by atoms with Crippen LogP contribution in [0.5, 0.6) is 0 Å². The molecule has 6 nitrogen and oxygen atoms in total. The van der Waals surface area contributed by atoms with E-state index in [1.54, 1.807) is 12.1 Å². The van der Waals surface area contributed by atoms with Gasteiger partial charge in [-0.25, -0.2) is 4.68 Å². The second-order valence-corrected chi connectivity index (χ2v) is 6.50. The van der Waals surface area contributed by atoms with Crippen LogP contribution in [0.1, 0.15) is 5.56 Å². The number of carbonyl (C=O) groups excluding carboxylic acids is 1. The van der Waals surface area contributed by atoms with Gasteiger partial charge in [0.15, 0.2) is 5.82 Å². The molecule has 0 atom stereocenters. The maximum atomic E-state index is 12.2. The lowest BCUT2D eigenvalue weighted by Gasteiger charge is -2.08. The van der Waals surface area contributed by atoms with E-state index in [0.717, 1.165) is 15.6 Å². The van der Waals surface area contributed by atoms with Crippen molar-refractivity contribution in [3.05, 3.63) is 57.5 Å². The zero-order chi connectivity index (χ0) is 17.1. The highest BCUT2D eigenvalue weighted by Gasteiger charge is 2.13. The number of anilines is 1. The zero-order valence-corrected chi connectivity index (χ0v) is 15.0. The molecule has 1 heterocycles. The van der Waals surface area contributed by atoms with E-state index in [9.17, 15) is 4.79 Å². The summed E-state index contributed by atoms with van der Waals surface area (Å²) in [5, 5.41) is 14.9. The first-order valence-corrected chi connectivity index (χ1v) is 8.28. The van der Waals surface area contributed by atoms with E-state index >= 15 is 0 Å². The first-order valence-electron chi connectivity index (χ1n) is 7.11. The Morgan fingerprint density at radius 3 is 2.71 bits per heavy atom. The number of hydrogen-bond acceptors (Lipinski definition) is 4. The molecular formula is C16H13BrClN5O. The molecule has 3 rings (SSSR count). The third kappa shape index (κ3) is 3.80. The van der Waals surface area contributed by atoms with E-state index in [1.807, 2.05) is 37.3 Å². The van der Waals surface area contributed by atoms with Gasteiger partial charge in [0.1, 0.15) is 6.54 Å². The quantitative estimate of drug-likeness (QED) is 0.717. The second-order valence-electron chi connectivity index (χ2n) is 5.18. The summed E-state index contributed by atoms with van der Waals surface area (Å²) in [4.78, 5) is 12.2. The van der Waals surface area contributed by atoms with Crippen LogP contribution in [0.15, 0.2) is 46.9 Å². The number of carbonyl (C=O) groups is 1. The number of benzene rings is 2. The Hall–Kier alpha value is -2.25. The molecular weight excluding hydrogens is 394 g/mol. The van der Waals surface area contributed by atoms with E-state index in [-0.39, 0.29) is 12.5 Å². The maximum Gasteiger partial charge on any atom is 0.246 e. The smallest absolute Gasteiger partial charge is 0.246 e. The minimum atomic E-state index is -0.236. The van der Waals surface area contributed by atoms with Gasteiger partial charge in [0.2, 0.25) is 5.91 Å². The van der Waals surface area contributed by atoms with Gasteiger partial charge in [-0.15, -0.1) is 5.10 Å². The molecule has 0 aliphatic rings. The fraction of sp³-hybridized carbons (Fsp3) is 0.125. The third-order valence-corrected chi connectivity index (χ3v) is 4.32. The Morgan fingerprint density at radius 1 is 1.25 bits per heavy atom. The van der Waals surface area contributed by atoms with Crippen LogP contribution in [-0.2, 0) is 11.3 Å². The van der Waals surface area contributed by atoms with Gasteiger partial charge >= 0.3 is 0 Å². The molecule has 3 aromatic rings. The highest BCUT2D eigenvalue weighted by molar-refractivity contribution is 9.10. The molecule has 24 heavy (non-hydrogen) atoms. The number of amides is 1. The van der Waals surface area contributed by atoms with Crippen LogP contribution in [0, 0.1) is 6.92 Å². The Labute approximate surface area is 152 Å². The molecule has 0 aliphatic carbocycles. The van der Waals surface area contributed by atoms with Crippen LogP contribution in [0.25, 0.3) is 11.4 Å². The highest BCUT2D eigenvalue weighted by atomic mass is 79.9. The Balaban J connectivity index is 1.74. The van der Waals surface area contributed by atoms with Crippen LogP contribution in [0.3, 0.4) is 0 Å². The van der Waals surface area contributed by atoms with E-state index in [1.165, 1.54) is 4.68 Å². The van der Waals surface area contributed by atoms with Crippen molar-refractivity contribution >= 4 is 39.1 Å². The van der Waals surface area contributed by atoms with Gasteiger partial charge in [0, 0.05) is 20.7 Å². The summed E-state index contributed by atoms with van der Waals surface area (Å²) in [6.07, 6.45) is 0. The summed E-state index contributed by atoms with van der Waals surface area (Å²) in [5.41, 5.74) is 2.41. The number of halogens is 2. The highest BCUT2D eigenvalue weighted by Crippen LogP contribution is 2.21. The molecule has 1 amide bonds. The van der Waals surface area contributed by atoms with Crippen LogP contribution in [0.4, 0.5) is 5.69 Å². The summed E-state index contributed by atoms with van der Waals surface area (Å²) in [5.74, 6) is 0.292. The molecule has 122 valence electrons. The SMILES string of the molecule is Cc1ccc(NC(=O)Cn2nnnc2-c2ccc(Br)cc2)cc1Cl. The summed E-state index contributed by atoms with van der Waals surface area (Å²) in [7, 11) is 0. The molecule has 8 heteroatoms. The molecule has 1 aromatic heterocycles. The van der Waals surface area contributed by atoms with E-state index in [2.05, 4.69) is 36.8 Å². The lowest BCUT2D eigenvalue weighted by Crippen LogP contribution is -2.20. The van der Waals surface area contributed by atoms with Crippen molar-refractivity contribution in [2.45, 2.75) is 13.5 Å². The molecule has 0 saturated heterocycles. The van der Waals surface area contributed by atoms with Crippen molar-refractivity contribution in [3.8, 4) is 11.4 Å². The largest absolute Gasteiger partial charge is 0.324 e. The molecule has 0 bridgehead atoms. The number of aryl methyl sites for hydroxylation is 1. The topological polar surface area (TPSA) is 72.7 Å². The summed E-state index contributed by atoms with van der Waals surface area (Å²) >= 11 is 9.45. The van der Waals surface area contributed by atoms with Gasteiger partial charge in [-0.1, -0.05) is 45.7 Å². The molecule has 0 spiro atoms. The lowest BCUT2D eigenvalue weighted by atomic mass is 10.2. The minimum Gasteiger partial charge on any atom is -0.324 e. The fourth-order valence-corrected chi connectivity index (χ4v) is 2.57. The standard InChI is InChI=1S/C16H13BrClN5O/c1-10-2-7-13(8-14(10)18)19-15(24)9-23-16(20-21-22-23)11-3-5-12(17)6-4-11/h2-8H,9H2,1H3,(H,19,24). The first kappa shape index (κ1) is 16.6. The maximum absolute atomic E-state index is 12.2. The van der Waals surface area contributed by atoms with Crippen molar-refractivity contribution in [3.63, 3.8) is 0 Å². The van der Waals surface area contributed by atoms with Crippen molar-refractivity contribution in [2.75, 3.05) is 5.32 Å². The minimum absolute atomic E-state index is 0.00386. The van der Waals surface area contributed by atoms with Gasteiger partial charge in [-0.2, -0.15) is 0 Å². The summed E-state index contributed by atoms with van der Waals surface area (Å²) in [6.45, 7) is 1.91. The predicted molar refractivity (Wildman–Crippen MR) is 95.8 cm³/mol. The summed E-state index contributed by atoms with van der Waals surface area (Å²) in [6, 6.07) is 12.9. The molecule has 0 unspecified atom stereocenters. The normalized spacial score (nSPS) is 10.6. The Bertz CT molecular complexity index is 878. The van der Waals surface area contributed by atoms with Gasteiger partial charge in [0.25, 0.3) is 0 Å².